The Balaban J connectivity index is 2.08. The summed E-state index contributed by atoms with van der Waals surface area (Å²) in [5, 5.41) is 10.5. The van der Waals surface area contributed by atoms with Crippen LogP contribution in [0.3, 0.4) is 0 Å². The highest BCUT2D eigenvalue weighted by Crippen LogP contribution is 2.26. The van der Waals surface area contributed by atoms with E-state index < -0.39 is 10.8 Å². The lowest BCUT2D eigenvalue weighted by Crippen LogP contribution is -1.94. The van der Waals surface area contributed by atoms with E-state index >= 15 is 0 Å². The Hall–Kier alpha value is -2.20. The molecule has 1 heterocycles. The van der Waals surface area contributed by atoms with Gasteiger partial charge >= 0.3 is 0 Å². The summed E-state index contributed by atoms with van der Waals surface area (Å²) in [6.45, 7) is 1.99. The zero-order valence-corrected chi connectivity index (χ0v) is 11.7. The van der Waals surface area contributed by atoms with Gasteiger partial charge in [-0.25, -0.2) is 4.21 Å². The van der Waals surface area contributed by atoms with Crippen LogP contribution >= 0.6 is 0 Å². The largest absolute Gasteiger partial charge is 0.507 e. The molecule has 0 bridgehead atoms. The van der Waals surface area contributed by atoms with Gasteiger partial charge in [0.1, 0.15) is 5.75 Å². The fourth-order valence-electron chi connectivity index (χ4n) is 2.01. The number of benzene rings is 2. The Morgan fingerprint density at radius 1 is 1.05 bits per heavy atom. The Kier molecular flexibility index (Phi) is 3.24. The summed E-state index contributed by atoms with van der Waals surface area (Å²) in [4.78, 5) is 5.57. The topological polar surface area (TPSA) is 50.2 Å². The van der Waals surface area contributed by atoms with Gasteiger partial charge in [0, 0.05) is 16.5 Å². The summed E-state index contributed by atoms with van der Waals surface area (Å²) in [7, 11) is -1.29. The van der Waals surface area contributed by atoms with E-state index in [1.165, 1.54) is 0 Å². The molecule has 20 heavy (non-hydrogen) atoms. The molecule has 0 fully saturated rings. The molecule has 0 amide bonds. The average Bonchev–Trinajstić information content (AvgIpc) is 2.47. The first-order chi connectivity index (χ1) is 9.65. The first kappa shape index (κ1) is 12.8. The second-order valence-electron chi connectivity index (χ2n) is 4.60. The highest BCUT2D eigenvalue weighted by molar-refractivity contribution is 7.85. The van der Waals surface area contributed by atoms with Crippen LogP contribution in [-0.4, -0.2) is 14.3 Å². The van der Waals surface area contributed by atoms with Gasteiger partial charge in [0.25, 0.3) is 0 Å². The number of rotatable bonds is 2. The molecule has 0 spiro atoms. The van der Waals surface area contributed by atoms with E-state index in [-0.39, 0.29) is 5.75 Å². The van der Waals surface area contributed by atoms with Crippen molar-refractivity contribution >= 4 is 21.7 Å². The molecule has 3 rings (SSSR count). The van der Waals surface area contributed by atoms with E-state index in [0.717, 1.165) is 10.5 Å². The number of pyridine rings is 1. The molecule has 1 aromatic heterocycles. The molecule has 0 aliphatic rings. The first-order valence-corrected chi connectivity index (χ1v) is 7.36. The number of phenolic OH excluding ortho intramolecular Hbond substituents is 1. The summed E-state index contributed by atoms with van der Waals surface area (Å²) in [5.41, 5.74) is 1.81. The molecule has 100 valence electrons. The van der Waals surface area contributed by atoms with Crippen LogP contribution in [0, 0.1) is 6.92 Å². The van der Waals surface area contributed by atoms with Gasteiger partial charge in [0.2, 0.25) is 0 Å². The third-order valence-electron chi connectivity index (χ3n) is 3.13. The van der Waals surface area contributed by atoms with Crippen LogP contribution in [0.5, 0.6) is 5.75 Å². The molecule has 1 unspecified atom stereocenters. The molecule has 1 atom stereocenters. The van der Waals surface area contributed by atoms with E-state index in [4.69, 9.17) is 0 Å². The van der Waals surface area contributed by atoms with Gasteiger partial charge in [-0.1, -0.05) is 23.8 Å². The van der Waals surface area contributed by atoms with Crippen LogP contribution in [0.15, 0.2) is 64.5 Å². The number of phenols is 1. The third-order valence-corrected chi connectivity index (χ3v) is 4.48. The number of aryl methyl sites for hydroxylation is 1. The fourth-order valence-corrected chi connectivity index (χ4v) is 3.04. The summed E-state index contributed by atoms with van der Waals surface area (Å²) in [5.74, 6) is 0.151. The van der Waals surface area contributed by atoms with E-state index in [9.17, 15) is 9.32 Å². The van der Waals surface area contributed by atoms with E-state index in [1.54, 1.807) is 24.4 Å². The van der Waals surface area contributed by atoms with Gasteiger partial charge in [0.15, 0.2) is 0 Å². The number of hydrogen-bond acceptors (Lipinski definition) is 3. The molecular formula is C16H13NO2S. The van der Waals surface area contributed by atoms with Crippen LogP contribution in [0.1, 0.15) is 5.56 Å². The highest BCUT2D eigenvalue weighted by atomic mass is 32.2. The smallest absolute Gasteiger partial charge is 0.125 e. The van der Waals surface area contributed by atoms with Crippen LogP contribution in [0.25, 0.3) is 10.9 Å². The van der Waals surface area contributed by atoms with Crippen molar-refractivity contribution in [1.82, 2.24) is 4.98 Å². The Morgan fingerprint density at radius 3 is 2.55 bits per heavy atom. The van der Waals surface area contributed by atoms with Gasteiger partial charge in [-0.2, -0.15) is 0 Å². The number of nitrogens with zero attached hydrogens (tertiary/aromatic N) is 1. The zero-order chi connectivity index (χ0) is 14.1. The van der Waals surface area contributed by atoms with Crippen molar-refractivity contribution in [3.05, 3.63) is 60.3 Å². The minimum absolute atomic E-state index is 0.151. The predicted molar refractivity (Wildman–Crippen MR) is 79.3 cm³/mol. The first-order valence-electron chi connectivity index (χ1n) is 6.21. The van der Waals surface area contributed by atoms with Crippen molar-refractivity contribution in [3.63, 3.8) is 0 Å². The highest BCUT2D eigenvalue weighted by Gasteiger charge is 2.10. The normalized spacial score (nSPS) is 12.4. The second-order valence-corrected chi connectivity index (χ2v) is 6.08. The monoisotopic (exact) mass is 283 g/mol. The van der Waals surface area contributed by atoms with E-state index in [2.05, 4.69) is 4.98 Å². The van der Waals surface area contributed by atoms with Gasteiger partial charge < -0.3 is 5.11 Å². The Morgan fingerprint density at radius 2 is 1.80 bits per heavy atom. The van der Waals surface area contributed by atoms with Crippen molar-refractivity contribution in [3.8, 4) is 5.75 Å². The summed E-state index contributed by atoms with van der Waals surface area (Å²) < 4.78 is 12.5. The average molecular weight is 283 g/mol. The lowest BCUT2D eigenvalue weighted by Gasteiger charge is -2.05. The molecule has 0 radical (unpaired) electrons. The van der Waals surface area contributed by atoms with Gasteiger partial charge in [-0.15, -0.1) is 0 Å². The van der Waals surface area contributed by atoms with Crippen LogP contribution < -0.4 is 0 Å². The molecule has 0 aliphatic heterocycles. The summed E-state index contributed by atoms with van der Waals surface area (Å²) in [6.07, 6.45) is 1.59. The zero-order valence-electron chi connectivity index (χ0n) is 10.9. The quantitative estimate of drug-likeness (QED) is 0.784. The number of aromatic nitrogens is 1. The van der Waals surface area contributed by atoms with Crippen LogP contribution in [-0.2, 0) is 10.8 Å². The van der Waals surface area contributed by atoms with Crippen LogP contribution in [0.4, 0.5) is 0 Å². The van der Waals surface area contributed by atoms with E-state index in [0.29, 0.717) is 15.8 Å². The number of aromatic hydroxyl groups is 1. The molecule has 2 aromatic carbocycles. The van der Waals surface area contributed by atoms with Crippen molar-refractivity contribution in [2.75, 3.05) is 0 Å². The summed E-state index contributed by atoms with van der Waals surface area (Å²) in [6, 6.07) is 14.4. The molecule has 4 heteroatoms. The molecule has 3 nitrogen and oxygen atoms in total. The number of hydrogen-bond donors (Lipinski definition) is 1. The molecule has 0 saturated carbocycles. The standard InChI is InChI=1S/C16H13NO2S/c1-11-5-7-12(8-6-11)20(19)13-9-14-15(17-10-13)3-2-4-16(14)18/h2-10,18H,1H3. The minimum Gasteiger partial charge on any atom is -0.507 e. The molecule has 3 aromatic rings. The fraction of sp³-hybridized carbons (Fsp3) is 0.0625. The van der Waals surface area contributed by atoms with Crippen molar-refractivity contribution < 1.29 is 9.32 Å². The lowest BCUT2D eigenvalue weighted by molar-refractivity contribution is 0.481. The van der Waals surface area contributed by atoms with Gasteiger partial charge in [-0.3, -0.25) is 4.98 Å². The Labute approximate surface area is 119 Å². The predicted octanol–water partition coefficient (Wildman–Crippen LogP) is 3.42. The SMILES string of the molecule is Cc1ccc(S(=O)c2cnc3cccc(O)c3c2)cc1. The molecule has 1 N–H and O–H groups in total. The van der Waals surface area contributed by atoms with Gasteiger partial charge in [0.05, 0.1) is 21.2 Å². The van der Waals surface area contributed by atoms with Crippen molar-refractivity contribution in [1.29, 1.82) is 0 Å². The Bertz CT molecular complexity index is 797. The van der Waals surface area contributed by atoms with Gasteiger partial charge in [-0.05, 0) is 37.3 Å². The molecular weight excluding hydrogens is 270 g/mol. The second kappa shape index (κ2) is 5.06. The maximum absolute atomic E-state index is 12.5. The minimum atomic E-state index is -1.29. The lowest BCUT2D eigenvalue weighted by atomic mass is 10.2. The van der Waals surface area contributed by atoms with Crippen molar-refractivity contribution in [2.24, 2.45) is 0 Å². The summed E-state index contributed by atoms with van der Waals surface area (Å²) >= 11 is 0. The maximum atomic E-state index is 12.5. The van der Waals surface area contributed by atoms with Crippen LogP contribution in [0.2, 0.25) is 0 Å². The number of fused-ring (bicyclic) bond motifs is 1. The maximum Gasteiger partial charge on any atom is 0.125 e. The molecule has 0 aliphatic carbocycles. The van der Waals surface area contributed by atoms with E-state index in [1.807, 2.05) is 37.3 Å². The third kappa shape index (κ3) is 2.30. The van der Waals surface area contributed by atoms with Crippen molar-refractivity contribution in [2.45, 2.75) is 16.7 Å². The molecule has 0 saturated heterocycles.